The molecule has 1 aliphatic carbocycles. The number of hydrogen-bond acceptors (Lipinski definition) is 2. The molecule has 0 unspecified atom stereocenters. The monoisotopic (exact) mass is 280 g/mol. The second-order valence-electron chi connectivity index (χ2n) is 5.39. The Hall–Kier alpha value is -2.06. The maximum Gasteiger partial charge on any atom is 0.120 e. The molecule has 0 fully saturated rings. The summed E-state index contributed by atoms with van der Waals surface area (Å²) in [6.45, 7) is 0.532. The summed E-state index contributed by atoms with van der Waals surface area (Å²) < 4.78 is 5.74. The van der Waals surface area contributed by atoms with Crippen molar-refractivity contribution in [1.29, 1.82) is 0 Å². The van der Waals surface area contributed by atoms with E-state index >= 15 is 0 Å². The van der Waals surface area contributed by atoms with E-state index in [9.17, 15) is 5.11 Å². The van der Waals surface area contributed by atoms with Crippen molar-refractivity contribution < 1.29 is 9.84 Å². The summed E-state index contributed by atoms with van der Waals surface area (Å²) in [5.74, 6) is 0.826. The molecule has 2 aromatic rings. The molecule has 0 aromatic heterocycles. The van der Waals surface area contributed by atoms with E-state index in [4.69, 9.17) is 4.74 Å². The molecule has 1 aliphatic rings. The lowest BCUT2D eigenvalue weighted by Gasteiger charge is -2.21. The zero-order valence-electron chi connectivity index (χ0n) is 12.0. The molecule has 1 atom stereocenters. The number of aliphatic hydroxyl groups excluding tert-OH is 1. The van der Waals surface area contributed by atoms with Crippen molar-refractivity contribution in [3.05, 3.63) is 71.3 Å². The Bertz CT molecular complexity index is 617. The van der Waals surface area contributed by atoms with E-state index < -0.39 is 0 Å². The lowest BCUT2D eigenvalue weighted by molar-refractivity contribution is 0.156. The topological polar surface area (TPSA) is 29.5 Å². The Morgan fingerprint density at radius 1 is 1.14 bits per heavy atom. The molecule has 0 amide bonds. The number of rotatable bonds is 4. The minimum Gasteiger partial charge on any atom is -0.490 e. The molecular formula is C19H20O2. The molecular weight excluding hydrogens is 260 g/mol. The molecule has 2 nitrogen and oxygen atoms in total. The van der Waals surface area contributed by atoms with Gasteiger partial charge < -0.3 is 9.84 Å². The van der Waals surface area contributed by atoms with E-state index in [0.717, 1.165) is 30.6 Å². The average molecular weight is 280 g/mol. The third-order valence-electron chi connectivity index (χ3n) is 3.86. The fraction of sp³-hybridized carbons (Fsp3) is 0.263. The molecule has 0 spiro atoms. The first kappa shape index (κ1) is 13.9. The highest BCUT2D eigenvalue weighted by molar-refractivity contribution is 5.48. The van der Waals surface area contributed by atoms with Crippen molar-refractivity contribution in [2.24, 2.45) is 0 Å². The summed E-state index contributed by atoms with van der Waals surface area (Å²) in [6.07, 6.45) is 6.69. The van der Waals surface area contributed by atoms with Crippen LogP contribution in [0.25, 0.3) is 6.08 Å². The van der Waals surface area contributed by atoms with Gasteiger partial charge in [0.05, 0.1) is 6.10 Å². The average Bonchev–Trinajstić information content (AvgIpc) is 2.53. The first-order valence-electron chi connectivity index (χ1n) is 7.48. The van der Waals surface area contributed by atoms with Crippen molar-refractivity contribution in [1.82, 2.24) is 0 Å². The quantitative estimate of drug-likeness (QED) is 0.911. The van der Waals surface area contributed by atoms with Gasteiger partial charge in [0.25, 0.3) is 0 Å². The van der Waals surface area contributed by atoms with Crippen LogP contribution >= 0.6 is 0 Å². The van der Waals surface area contributed by atoms with Gasteiger partial charge in [-0.3, -0.25) is 0 Å². The van der Waals surface area contributed by atoms with Crippen LogP contribution in [0, 0.1) is 0 Å². The van der Waals surface area contributed by atoms with Gasteiger partial charge in [0.2, 0.25) is 0 Å². The Labute approximate surface area is 125 Å². The van der Waals surface area contributed by atoms with Crippen LogP contribution in [-0.4, -0.2) is 11.7 Å². The lowest BCUT2D eigenvalue weighted by atomic mass is 9.89. The Balaban J connectivity index is 1.61. The van der Waals surface area contributed by atoms with Crippen LogP contribution in [0.5, 0.6) is 5.75 Å². The Kier molecular flexibility index (Phi) is 4.37. The van der Waals surface area contributed by atoms with Crippen molar-refractivity contribution in [2.45, 2.75) is 25.4 Å². The second kappa shape index (κ2) is 6.59. The Morgan fingerprint density at radius 2 is 2.00 bits per heavy atom. The molecule has 3 rings (SSSR count). The molecule has 0 saturated heterocycles. The number of fused-ring (bicyclic) bond motifs is 1. The summed E-state index contributed by atoms with van der Waals surface area (Å²) in [6, 6.07) is 16.2. The van der Waals surface area contributed by atoms with E-state index in [2.05, 4.69) is 18.2 Å². The number of aliphatic hydroxyl groups is 1. The van der Waals surface area contributed by atoms with Gasteiger partial charge in [0.1, 0.15) is 12.4 Å². The van der Waals surface area contributed by atoms with Crippen LogP contribution < -0.4 is 4.74 Å². The molecule has 0 saturated carbocycles. The fourth-order valence-corrected chi connectivity index (χ4v) is 2.73. The van der Waals surface area contributed by atoms with Crippen LogP contribution in [0.3, 0.4) is 0 Å². The van der Waals surface area contributed by atoms with Crippen LogP contribution in [0.2, 0.25) is 0 Å². The molecule has 2 heteroatoms. The number of hydrogen-bond donors (Lipinski definition) is 1. The van der Waals surface area contributed by atoms with E-state index in [0.29, 0.717) is 6.61 Å². The Morgan fingerprint density at radius 3 is 2.86 bits per heavy atom. The fourth-order valence-electron chi connectivity index (χ4n) is 2.73. The minimum atomic E-state index is -0.336. The largest absolute Gasteiger partial charge is 0.490 e. The second-order valence-corrected chi connectivity index (χ2v) is 5.39. The lowest BCUT2D eigenvalue weighted by Crippen LogP contribution is -2.09. The summed E-state index contributed by atoms with van der Waals surface area (Å²) in [5, 5.41) is 10.0. The maximum atomic E-state index is 10.0. The van der Waals surface area contributed by atoms with Gasteiger partial charge in [-0.05, 0) is 54.2 Å². The number of ether oxygens (including phenoxy) is 1. The van der Waals surface area contributed by atoms with Crippen LogP contribution in [0.1, 0.15) is 35.6 Å². The molecule has 0 radical (unpaired) electrons. The third kappa shape index (κ3) is 3.53. The van der Waals surface area contributed by atoms with Crippen LogP contribution in [0.4, 0.5) is 0 Å². The number of benzene rings is 2. The molecule has 0 bridgehead atoms. The summed E-state index contributed by atoms with van der Waals surface area (Å²) in [4.78, 5) is 0. The predicted octanol–water partition coefficient (Wildman–Crippen LogP) is 4.15. The van der Waals surface area contributed by atoms with E-state index in [-0.39, 0.29) is 6.10 Å². The highest BCUT2D eigenvalue weighted by Gasteiger charge is 2.18. The highest BCUT2D eigenvalue weighted by atomic mass is 16.5. The zero-order chi connectivity index (χ0) is 14.5. The summed E-state index contributed by atoms with van der Waals surface area (Å²) in [5.41, 5.74) is 3.45. The van der Waals surface area contributed by atoms with Crippen LogP contribution in [0.15, 0.2) is 54.6 Å². The van der Waals surface area contributed by atoms with E-state index in [1.165, 1.54) is 11.1 Å². The van der Waals surface area contributed by atoms with Gasteiger partial charge in [-0.15, -0.1) is 0 Å². The van der Waals surface area contributed by atoms with Gasteiger partial charge in [0.15, 0.2) is 0 Å². The number of aryl methyl sites for hydroxylation is 1. The molecule has 2 aromatic carbocycles. The first-order valence-corrected chi connectivity index (χ1v) is 7.48. The van der Waals surface area contributed by atoms with Gasteiger partial charge >= 0.3 is 0 Å². The summed E-state index contributed by atoms with van der Waals surface area (Å²) in [7, 11) is 0. The van der Waals surface area contributed by atoms with Crippen LogP contribution in [-0.2, 0) is 6.42 Å². The van der Waals surface area contributed by atoms with Gasteiger partial charge in [-0.2, -0.15) is 0 Å². The molecule has 0 heterocycles. The zero-order valence-corrected chi connectivity index (χ0v) is 12.0. The smallest absolute Gasteiger partial charge is 0.120 e. The van der Waals surface area contributed by atoms with E-state index in [1.54, 1.807) is 0 Å². The SMILES string of the molecule is O[C@H]1CCCc2ccc(OC/C=C/c3ccccc3)cc21. The minimum absolute atomic E-state index is 0.336. The van der Waals surface area contributed by atoms with Crippen molar-refractivity contribution >= 4 is 6.08 Å². The normalized spacial score (nSPS) is 17.7. The van der Waals surface area contributed by atoms with Gasteiger partial charge in [-0.1, -0.05) is 42.5 Å². The predicted molar refractivity (Wildman–Crippen MR) is 85.3 cm³/mol. The standard InChI is InChI=1S/C19H20O2/c20-19-10-4-9-16-11-12-17(14-18(16)19)21-13-5-8-15-6-2-1-3-7-15/h1-3,5-8,11-12,14,19-20H,4,9-10,13H2/b8-5+/t19-/m0/s1. The molecule has 1 N–H and O–H groups in total. The highest BCUT2D eigenvalue weighted by Crippen LogP contribution is 2.32. The molecule has 21 heavy (non-hydrogen) atoms. The van der Waals surface area contributed by atoms with Crippen molar-refractivity contribution in [3.8, 4) is 5.75 Å². The van der Waals surface area contributed by atoms with Crippen molar-refractivity contribution in [3.63, 3.8) is 0 Å². The first-order chi connectivity index (χ1) is 10.3. The molecule has 108 valence electrons. The van der Waals surface area contributed by atoms with Crippen molar-refractivity contribution in [2.75, 3.05) is 6.61 Å². The van der Waals surface area contributed by atoms with Gasteiger partial charge in [-0.25, -0.2) is 0 Å². The third-order valence-corrected chi connectivity index (χ3v) is 3.86. The summed E-state index contributed by atoms with van der Waals surface area (Å²) >= 11 is 0. The maximum absolute atomic E-state index is 10.0. The van der Waals surface area contributed by atoms with E-state index in [1.807, 2.05) is 42.5 Å². The molecule has 0 aliphatic heterocycles. The van der Waals surface area contributed by atoms with Gasteiger partial charge in [0, 0.05) is 0 Å².